The quantitative estimate of drug-likeness (QED) is 0.458. The Kier molecular flexibility index (Phi) is 8.83. The highest BCUT2D eigenvalue weighted by molar-refractivity contribution is 8.00. The zero-order chi connectivity index (χ0) is 28.5. The summed E-state index contributed by atoms with van der Waals surface area (Å²) in [6.07, 6.45) is 7.81. The summed E-state index contributed by atoms with van der Waals surface area (Å²) in [6, 6.07) is 4.04. The van der Waals surface area contributed by atoms with E-state index in [0.29, 0.717) is 32.3 Å². The van der Waals surface area contributed by atoms with Gasteiger partial charge in [-0.3, -0.25) is 14.5 Å². The SMILES string of the molecule is O=C(NC1SC2CN(C(=O)c3cc4c(C(F)F)cc(F)cc4[nH]3)CCC2N1C1CCCCCCC1)C1CCOCC1. The zero-order valence-corrected chi connectivity index (χ0v) is 24.1. The molecule has 3 aliphatic heterocycles. The molecule has 3 saturated heterocycles. The van der Waals surface area contributed by atoms with Crippen LogP contribution < -0.4 is 5.32 Å². The Morgan fingerprint density at radius 1 is 1.00 bits per heavy atom. The number of nitrogens with zero attached hydrogens (tertiary/aromatic N) is 2. The third-order valence-corrected chi connectivity index (χ3v) is 10.8. The van der Waals surface area contributed by atoms with Gasteiger partial charge < -0.3 is 19.9 Å². The van der Waals surface area contributed by atoms with Crippen molar-refractivity contribution in [3.8, 4) is 0 Å². The summed E-state index contributed by atoms with van der Waals surface area (Å²) >= 11 is 1.74. The number of carbonyl (C=O) groups is 2. The Morgan fingerprint density at radius 2 is 1.73 bits per heavy atom. The van der Waals surface area contributed by atoms with Gasteiger partial charge in [0.15, 0.2) is 0 Å². The maximum atomic E-state index is 14.0. The van der Waals surface area contributed by atoms with Gasteiger partial charge in [0.1, 0.15) is 17.0 Å². The number of ether oxygens (including phenoxy) is 1. The number of H-pyrrole nitrogens is 1. The fraction of sp³-hybridized carbons (Fsp3) is 0.667. The molecule has 1 aromatic carbocycles. The third kappa shape index (κ3) is 6.13. The van der Waals surface area contributed by atoms with Crippen LogP contribution in [0.4, 0.5) is 13.2 Å². The number of hydrogen-bond donors (Lipinski definition) is 2. The molecule has 3 atom stereocenters. The summed E-state index contributed by atoms with van der Waals surface area (Å²) in [7, 11) is 0. The topological polar surface area (TPSA) is 77.7 Å². The number of aromatic amines is 1. The first-order chi connectivity index (χ1) is 19.9. The van der Waals surface area contributed by atoms with Gasteiger partial charge in [-0.1, -0.05) is 32.1 Å². The Hall–Kier alpha value is -2.24. The smallest absolute Gasteiger partial charge is 0.270 e. The van der Waals surface area contributed by atoms with Gasteiger partial charge in [-0.2, -0.15) is 0 Å². The Bertz CT molecular complexity index is 1250. The van der Waals surface area contributed by atoms with Gasteiger partial charge in [-0.25, -0.2) is 13.2 Å². The Balaban J connectivity index is 1.20. The van der Waals surface area contributed by atoms with Gasteiger partial charge >= 0.3 is 0 Å². The van der Waals surface area contributed by atoms with Crippen molar-refractivity contribution in [2.45, 2.75) is 93.5 Å². The van der Waals surface area contributed by atoms with Gasteiger partial charge in [0.05, 0.1) is 0 Å². The van der Waals surface area contributed by atoms with E-state index in [0.717, 1.165) is 44.2 Å². The van der Waals surface area contributed by atoms with E-state index in [9.17, 15) is 22.8 Å². The van der Waals surface area contributed by atoms with Crippen LogP contribution in [0, 0.1) is 11.7 Å². The fourth-order valence-corrected chi connectivity index (χ4v) is 8.88. The predicted octanol–water partition coefficient (Wildman–Crippen LogP) is 5.82. The van der Waals surface area contributed by atoms with Crippen molar-refractivity contribution in [3.63, 3.8) is 0 Å². The highest BCUT2D eigenvalue weighted by Gasteiger charge is 2.48. The molecule has 6 rings (SSSR count). The molecule has 1 saturated carbocycles. The van der Waals surface area contributed by atoms with E-state index >= 15 is 0 Å². The number of amides is 2. The second-order valence-corrected chi connectivity index (χ2v) is 13.2. The zero-order valence-electron chi connectivity index (χ0n) is 23.3. The summed E-state index contributed by atoms with van der Waals surface area (Å²) in [4.78, 5) is 34.1. The number of fused-ring (bicyclic) bond motifs is 2. The molecule has 11 heteroatoms. The number of aromatic nitrogens is 1. The standard InChI is InChI=1S/C30H39F3N4O3S/c31-19-14-22(27(32)33)21-16-24(34-23(21)15-19)29(39)36-11-8-25-26(17-36)41-30(35-28(38)18-9-12-40-13-10-18)37(25)20-6-4-2-1-3-5-7-20/h14-16,18,20,25-27,30,34H,1-13,17H2,(H,35,38). The fourth-order valence-electron chi connectivity index (χ4n) is 7.17. The number of carbonyl (C=O) groups excluding carboxylic acids is 2. The van der Waals surface area contributed by atoms with Gasteiger partial charge in [0, 0.05) is 66.0 Å². The lowest BCUT2D eigenvalue weighted by Gasteiger charge is -2.42. The second-order valence-electron chi connectivity index (χ2n) is 11.9. The molecule has 2 amide bonds. The minimum Gasteiger partial charge on any atom is -0.381 e. The van der Waals surface area contributed by atoms with E-state index in [1.165, 1.54) is 38.2 Å². The normalized spacial score (nSPS) is 27.1. The van der Waals surface area contributed by atoms with Crippen LogP contribution in [0.25, 0.3) is 10.9 Å². The number of halogens is 3. The van der Waals surface area contributed by atoms with Crippen molar-refractivity contribution in [3.05, 3.63) is 35.3 Å². The summed E-state index contributed by atoms with van der Waals surface area (Å²) in [5.41, 5.74) is -0.168. The Morgan fingerprint density at radius 3 is 2.46 bits per heavy atom. The minimum atomic E-state index is -2.84. The molecule has 0 spiro atoms. The molecule has 4 heterocycles. The minimum absolute atomic E-state index is 0.0331. The highest BCUT2D eigenvalue weighted by Crippen LogP contribution is 2.43. The molecule has 2 aromatic rings. The van der Waals surface area contributed by atoms with Gasteiger partial charge in [0.2, 0.25) is 5.91 Å². The number of likely N-dealkylation sites (tertiary alicyclic amines) is 1. The molecule has 1 aromatic heterocycles. The van der Waals surface area contributed by atoms with Crippen molar-refractivity contribution >= 4 is 34.5 Å². The largest absolute Gasteiger partial charge is 0.381 e. The molecule has 0 bridgehead atoms. The molecule has 0 radical (unpaired) electrons. The summed E-state index contributed by atoms with van der Waals surface area (Å²) in [6.45, 7) is 2.27. The van der Waals surface area contributed by atoms with Crippen molar-refractivity contribution < 1.29 is 27.5 Å². The van der Waals surface area contributed by atoms with Crippen molar-refractivity contribution in [2.24, 2.45) is 5.92 Å². The van der Waals surface area contributed by atoms with Crippen LogP contribution in [0.2, 0.25) is 0 Å². The molecule has 1 aliphatic carbocycles. The number of benzene rings is 1. The maximum Gasteiger partial charge on any atom is 0.270 e. The van der Waals surface area contributed by atoms with Crippen LogP contribution in [0.15, 0.2) is 18.2 Å². The third-order valence-electron chi connectivity index (χ3n) is 9.32. The lowest BCUT2D eigenvalue weighted by molar-refractivity contribution is -0.129. The molecule has 4 aliphatic rings. The summed E-state index contributed by atoms with van der Waals surface area (Å²) in [5.74, 6) is -0.976. The maximum absolute atomic E-state index is 14.0. The summed E-state index contributed by atoms with van der Waals surface area (Å²) in [5, 5.41) is 3.67. The van der Waals surface area contributed by atoms with Gasteiger partial charge in [-0.15, -0.1) is 11.8 Å². The first-order valence-electron chi connectivity index (χ1n) is 15.1. The summed E-state index contributed by atoms with van der Waals surface area (Å²) < 4.78 is 46.5. The number of thioether (sulfide) groups is 1. The van der Waals surface area contributed by atoms with E-state index in [-0.39, 0.29) is 51.1 Å². The number of hydrogen-bond acceptors (Lipinski definition) is 5. The van der Waals surface area contributed by atoms with E-state index in [1.54, 1.807) is 16.7 Å². The molecular formula is C30H39F3N4O3S. The van der Waals surface area contributed by atoms with Crippen LogP contribution in [0.3, 0.4) is 0 Å². The number of piperidine rings is 1. The number of alkyl halides is 2. The van der Waals surface area contributed by atoms with E-state index in [4.69, 9.17) is 4.74 Å². The van der Waals surface area contributed by atoms with Gasteiger partial charge in [0.25, 0.3) is 12.3 Å². The number of rotatable bonds is 5. The lowest BCUT2D eigenvalue weighted by Crippen LogP contribution is -2.56. The van der Waals surface area contributed by atoms with Crippen LogP contribution in [-0.2, 0) is 9.53 Å². The molecule has 2 N–H and O–H groups in total. The molecule has 41 heavy (non-hydrogen) atoms. The van der Waals surface area contributed by atoms with E-state index in [1.807, 2.05) is 0 Å². The molecule has 3 unspecified atom stereocenters. The lowest BCUT2D eigenvalue weighted by atomic mass is 9.92. The van der Waals surface area contributed by atoms with Crippen molar-refractivity contribution in [1.29, 1.82) is 0 Å². The van der Waals surface area contributed by atoms with Crippen molar-refractivity contribution in [1.82, 2.24) is 20.1 Å². The second kappa shape index (κ2) is 12.6. The van der Waals surface area contributed by atoms with Crippen LogP contribution >= 0.6 is 11.8 Å². The van der Waals surface area contributed by atoms with E-state index in [2.05, 4.69) is 15.2 Å². The first-order valence-corrected chi connectivity index (χ1v) is 16.0. The Labute approximate surface area is 242 Å². The number of nitrogens with one attached hydrogen (secondary N) is 2. The van der Waals surface area contributed by atoms with Crippen molar-refractivity contribution in [2.75, 3.05) is 26.3 Å². The predicted molar refractivity (Wildman–Crippen MR) is 152 cm³/mol. The highest BCUT2D eigenvalue weighted by atomic mass is 32.2. The van der Waals surface area contributed by atoms with Crippen LogP contribution in [0.1, 0.15) is 86.7 Å². The molecular weight excluding hydrogens is 553 g/mol. The molecule has 224 valence electrons. The van der Waals surface area contributed by atoms with Gasteiger partial charge in [-0.05, 0) is 50.3 Å². The molecule has 7 nitrogen and oxygen atoms in total. The monoisotopic (exact) mass is 592 g/mol. The van der Waals surface area contributed by atoms with Crippen LogP contribution in [-0.4, -0.2) is 75.7 Å². The first kappa shape index (κ1) is 28.9. The molecule has 4 fully saturated rings. The van der Waals surface area contributed by atoms with E-state index < -0.39 is 17.8 Å². The average molecular weight is 593 g/mol. The van der Waals surface area contributed by atoms with Crippen LogP contribution in [0.5, 0.6) is 0 Å². The average Bonchev–Trinajstić information content (AvgIpc) is 3.53.